The van der Waals surface area contributed by atoms with E-state index in [0.717, 1.165) is 40.8 Å². The molecule has 2 amide bonds. The van der Waals surface area contributed by atoms with Gasteiger partial charge in [-0.05, 0) is 62.2 Å². The van der Waals surface area contributed by atoms with Crippen molar-refractivity contribution in [1.29, 1.82) is 0 Å². The molecule has 2 aromatic rings. The highest BCUT2D eigenvalue weighted by Crippen LogP contribution is 2.21. The van der Waals surface area contributed by atoms with E-state index in [4.69, 9.17) is 0 Å². The van der Waals surface area contributed by atoms with E-state index in [0.29, 0.717) is 13.1 Å². The minimum atomic E-state index is -0.0961. The lowest BCUT2D eigenvalue weighted by Crippen LogP contribution is -2.44. The Morgan fingerprint density at radius 1 is 1.15 bits per heavy atom. The summed E-state index contributed by atoms with van der Waals surface area (Å²) in [4.78, 5) is 27.0. The van der Waals surface area contributed by atoms with Crippen molar-refractivity contribution < 1.29 is 9.59 Å². The second-order valence-electron chi connectivity index (χ2n) is 6.94. The van der Waals surface area contributed by atoms with Crippen LogP contribution in [0.3, 0.4) is 0 Å². The Labute approximate surface area is 168 Å². The molecule has 1 aliphatic rings. The van der Waals surface area contributed by atoms with Crippen LogP contribution in [0.15, 0.2) is 53.0 Å². The van der Waals surface area contributed by atoms with E-state index < -0.39 is 0 Å². The van der Waals surface area contributed by atoms with Crippen molar-refractivity contribution in [3.8, 4) is 0 Å². The molecule has 0 spiro atoms. The van der Waals surface area contributed by atoms with Gasteiger partial charge in [0, 0.05) is 22.4 Å². The molecule has 1 aliphatic heterocycles. The van der Waals surface area contributed by atoms with Crippen LogP contribution in [0.4, 0.5) is 11.4 Å². The third-order valence-corrected chi connectivity index (χ3v) is 5.24. The number of hydrogen-bond acceptors (Lipinski definition) is 3. The fourth-order valence-electron chi connectivity index (χ4n) is 3.34. The number of likely N-dealkylation sites (tertiary alicyclic amines) is 1. The van der Waals surface area contributed by atoms with Gasteiger partial charge in [0.25, 0.3) is 0 Å². The first-order valence-electron chi connectivity index (χ1n) is 9.15. The van der Waals surface area contributed by atoms with Crippen molar-refractivity contribution >= 4 is 39.1 Å². The van der Waals surface area contributed by atoms with E-state index in [-0.39, 0.29) is 17.7 Å². The molecule has 0 aromatic heterocycles. The number of anilines is 2. The molecule has 27 heavy (non-hydrogen) atoms. The highest BCUT2D eigenvalue weighted by atomic mass is 79.9. The van der Waals surface area contributed by atoms with Gasteiger partial charge in [-0.25, -0.2) is 0 Å². The van der Waals surface area contributed by atoms with Gasteiger partial charge in [-0.3, -0.25) is 14.5 Å². The minimum absolute atomic E-state index is 0.0232. The lowest BCUT2D eigenvalue weighted by molar-refractivity contribution is -0.123. The van der Waals surface area contributed by atoms with Crippen molar-refractivity contribution in [3.63, 3.8) is 0 Å². The fourth-order valence-corrected chi connectivity index (χ4v) is 3.81. The highest BCUT2D eigenvalue weighted by Gasteiger charge is 2.27. The molecule has 1 fully saturated rings. The SMILES string of the molecule is Cc1cc(Br)ccc1NC(=O)CN1CCC[C@H](C(=O)Nc2ccccc2)C1. The number of hydrogen-bond donors (Lipinski definition) is 2. The van der Waals surface area contributed by atoms with E-state index in [1.165, 1.54) is 0 Å². The molecular formula is C21H24BrN3O2. The summed E-state index contributed by atoms with van der Waals surface area (Å²) in [5.74, 6) is -0.124. The van der Waals surface area contributed by atoms with E-state index >= 15 is 0 Å². The molecule has 0 radical (unpaired) electrons. The van der Waals surface area contributed by atoms with Crippen LogP contribution in [0.25, 0.3) is 0 Å². The second kappa shape index (κ2) is 9.15. The van der Waals surface area contributed by atoms with Crippen LogP contribution >= 0.6 is 15.9 Å². The Bertz CT molecular complexity index is 810. The average molecular weight is 430 g/mol. The molecule has 0 saturated carbocycles. The second-order valence-corrected chi connectivity index (χ2v) is 7.85. The van der Waals surface area contributed by atoms with Crippen molar-refractivity contribution in [2.45, 2.75) is 19.8 Å². The maximum absolute atomic E-state index is 12.5. The molecule has 2 N–H and O–H groups in total. The van der Waals surface area contributed by atoms with Crippen LogP contribution in [-0.2, 0) is 9.59 Å². The number of halogens is 1. The zero-order chi connectivity index (χ0) is 19.2. The lowest BCUT2D eigenvalue weighted by Gasteiger charge is -2.31. The Morgan fingerprint density at radius 2 is 1.93 bits per heavy atom. The first kappa shape index (κ1) is 19.6. The van der Waals surface area contributed by atoms with Crippen LogP contribution in [0.2, 0.25) is 0 Å². The van der Waals surface area contributed by atoms with Crippen LogP contribution < -0.4 is 10.6 Å². The van der Waals surface area contributed by atoms with E-state index in [9.17, 15) is 9.59 Å². The number of rotatable bonds is 5. The van der Waals surface area contributed by atoms with Crippen LogP contribution in [0, 0.1) is 12.8 Å². The summed E-state index contributed by atoms with van der Waals surface area (Å²) >= 11 is 3.43. The molecule has 0 bridgehead atoms. The number of piperidine rings is 1. The topological polar surface area (TPSA) is 61.4 Å². The fraction of sp³-hybridized carbons (Fsp3) is 0.333. The molecule has 0 unspecified atom stereocenters. The van der Waals surface area contributed by atoms with Gasteiger partial charge in [0.05, 0.1) is 12.5 Å². The number of carbonyl (C=O) groups is 2. The third-order valence-electron chi connectivity index (χ3n) is 4.75. The Kier molecular flexibility index (Phi) is 6.63. The molecule has 3 rings (SSSR count). The van der Waals surface area contributed by atoms with Gasteiger partial charge in [-0.2, -0.15) is 0 Å². The Hall–Kier alpha value is -2.18. The van der Waals surface area contributed by atoms with Gasteiger partial charge in [-0.15, -0.1) is 0 Å². The quantitative estimate of drug-likeness (QED) is 0.753. The van der Waals surface area contributed by atoms with Gasteiger partial charge in [-0.1, -0.05) is 34.1 Å². The number of aryl methyl sites for hydroxylation is 1. The van der Waals surface area contributed by atoms with Gasteiger partial charge in [0.15, 0.2) is 0 Å². The van der Waals surface area contributed by atoms with Gasteiger partial charge < -0.3 is 10.6 Å². The van der Waals surface area contributed by atoms with Crippen molar-refractivity contribution in [1.82, 2.24) is 4.90 Å². The lowest BCUT2D eigenvalue weighted by atomic mass is 9.97. The maximum Gasteiger partial charge on any atom is 0.238 e. The Morgan fingerprint density at radius 3 is 2.67 bits per heavy atom. The highest BCUT2D eigenvalue weighted by molar-refractivity contribution is 9.10. The smallest absolute Gasteiger partial charge is 0.238 e. The monoisotopic (exact) mass is 429 g/mol. The molecule has 2 aromatic carbocycles. The normalized spacial score (nSPS) is 17.3. The van der Waals surface area contributed by atoms with Crippen molar-refractivity contribution in [3.05, 3.63) is 58.6 Å². The minimum Gasteiger partial charge on any atom is -0.326 e. The zero-order valence-corrected chi connectivity index (χ0v) is 17.0. The summed E-state index contributed by atoms with van der Waals surface area (Å²) in [7, 11) is 0. The van der Waals surface area contributed by atoms with Crippen LogP contribution in [0.5, 0.6) is 0 Å². The predicted molar refractivity (Wildman–Crippen MR) is 112 cm³/mol. The molecule has 6 heteroatoms. The predicted octanol–water partition coefficient (Wildman–Crippen LogP) is 4.05. The molecule has 142 valence electrons. The van der Waals surface area contributed by atoms with Crippen LogP contribution in [-0.4, -0.2) is 36.3 Å². The summed E-state index contributed by atoms with van der Waals surface area (Å²) in [5, 5.41) is 5.93. The summed E-state index contributed by atoms with van der Waals surface area (Å²) in [5.41, 5.74) is 2.64. The van der Waals surface area contributed by atoms with Gasteiger partial charge >= 0.3 is 0 Å². The summed E-state index contributed by atoms with van der Waals surface area (Å²) < 4.78 is 0.987. The molecule has 1 heterocycles. The van der Waals surface area contributed by atoms with E-state index in [1.807, 2.05) is 55.5 Å². The van der Waals surface area contributed by atoms with E-state index in [1.54, 1.807) is 0 Å². The average Bonchev–Trinajstić information content (AvgIpc) is 2.65. The molecule has 1 saturated heterocycles. The summed E-state index contributed by atoms with van der Waals surface area (Å²) in [6.07, 6.45) is 1.76. The number of carbonyl (C=O) groups excluding carboxylic acids is 2. The Balaban J connectivity index is 1.53. The van der Waals surface area contributed by atoms with Gasteiger partial charge in [0.2, 0.25) is 11.8 Å². The largest absolute Gasteiger partial charge is 0.326 e. The first-order chi connectivity index (χ1) is 13.0. The standard InChI is InChI=1S/C21H24BrN3O2/c1-15-12-17(22)9-10-19(15)24-20(26)14-25-11-5-6-16(13-25)21(27)23-18-7-3-2-4-8-18/h2-4,7-10,12,16H,5-6,11,13-14H2,1H3,(H,23,27)(H,24,26)/t16-/m0/s1. The maximum atomic E-state index is 12.5. The molecule has 5 nitrogen and oxygen atoms in total. The summed E-state index contributed by atoms with van der Waals surface area (Å²) in [6, 6.07) is 15.3. The number of amides is 2. The molecule has 0 aliphatic carbocycles. The molecule has 1 atom stereocenters. The van der Waals surface area contributed by atoms with E-state index in [2.05, 4.69) is 31.5 Å². The van der Waals surface area contributed by atoms with Crippen molar-refractivity contribution in [2.24, 2.45) is 5.92 Å². The first-order valence-corrected chi connectivity index (χ1v) is 9.95. The van der Waals surface area contributed by atoms with Crippen LogP contribution in [0.1, 0.15) is 18.4 Å². The van der Waals surface area contributed by atoms with Crippen molar-refractivity contribution in [2.75, 3.05) is 30.3 Å². The number of benzene rings is 2. The molecular weight excluding hydrogens is 406 g/mol. The van der Waals surface area contributed by atoms with Gasteiger partial charge in [0.1, 0.15) is 0 Å². The number of nitrogens with one attached hydrogen (secondary N) is 2. The third kappa shape index (κ3) is 5.65. The number of para-hydroxylation sites is 1. The zero-order valence-electron chi connectivity index (χ0n) is 15.4. The number of nitrogens with zero attached hydrogens (tertiary/aromatic N) is 1. The summed E-state index contributed by atoms with van der Waals surface area (Å²) in [6.45, 7) is 3.70.